The van der Waals surface area contributed by atoms with Crippen LogP contribution in [0.2, 0.25) is 0 Å². The van der Waals surface area contributed by atoms with E-state index in [1.807, 2.05) is 0 Å². The van der Waals surface area contributed by atoms with Gasteiger partial charge in [-0.2, -0.15) is 0 Å². The maximum atomic E-state index is 12.0. The first-order chi connectivity index (χ1) is 11.0. The maximum Gasteiger partial charge on any atom is 0.310 e. The third-order valence-electron chi connectivity index (χ3n) is 3.52. The van der Waals surface area contributed by atoms with Crippen molar-refractivity contribution in [3.63, 3.8) is 0 Å². The number of esters is 1. The van der Waals surface area contributed by atoms with E-state index < -0.39 is 17.8 Å². The third kappa shape index (κ3) is 3.06. The van der Waals surface area contributed by atoms with Crippen LogP contribution in [0.3, 0.4) is 0 Å². The normalized spacial score (nSPS) is 12.7. The summed E-state index contributed by atoms with van der Waals surface area (Å²) in [6.07, 6.45) is -0.0953. The highest BCUT2D eigenvalue weighted by Gasteiger charge is 2.29. The van der Waals surface area contributed by atoms with E-state index in [-0.39, 0.29) is 29.9 Å². The monoisotopic (exact) mass is 311 g/mol. The number of phenolic OH excluding ortho intramolecular Hbond substituents is 1. The number of imide groups is 1. The quantitative estimate of drug-likeness (QED) is 0.660. The lowest BCUT2D eigenvalue weighted by Gasteiger charge is -2.07. The van der Waals surface area contributed by atoms with E-state index in [1.165, 1.54) is 12.1 Å². The number of hydrogen-bond acceptors (Lipinski definition) is 5. The molecule has 0 atom stereocenters. The van der Waals surface area contributed by atoms with E-state index in [0.717, 1.165) is 5.56 Å². The Hall–Kier alpha value is -3.15. The van der Waals surface area contributed by atoms with Crippen LogP contribution in [0.5, 0.6) is 5.75 Å². The summed E-state index contributed by atoms with van der Waals surface area (Å²) >= 11 is 0. The van der Waals surface area contributed by atoms with Gasteiger partial charge in [-0.25, -0.2) is 0 Å². The topological polar surface area (TPSA) is 92.7 Å². The molecule has 0 spiro atoms. The number of amides is 2. The molecule has 6 nitrogen and oxygen atoms in total. The van der Waals surface area contributed by atoms with Gasteiger partial charge in [0.1, 0.15) is 12.4 Å². The van der Waals surface area contributed by atoms with Gasteiger partial charge in [-0.3, -0.25) is 19.7 Å². The Morgan fingerprint density at radius 1 is 1.04 bits per heavy atom. The van der Waals surface area contributed by atoms with E-state index in [1.54, 1.807) is 30.3 Å². The molecular weight excluding hydrogens is 298 g/mol. The maximum absolute atomic E-state index is 12.0. The standard InChI is InChI=1S/C17H13NO5/c19-12-6-4-10(5-7-12)9-23-14(20)8-11-2-1-3-13-15(11)17(22)18-16(13)21/h1-7,19H,8-9H2,(H,18,21,22). The van der Waals surface area contributed by atoms with Crippen LogP contribution < -0.4 is 5.32 Å². The number of fused-ring (bicyclic) bond motifs is 1. The van der Waals surface area contributed by atoms with Gasteiger partial charge in [0.25, 0.3) is 11.8 Å². The number of carbonyl (C=O) groups excluding carboxylic acids is 3. The van der Waals surface area contributed by atoms with E-state index in [2.05, 4.69) is 5.32 Å². The fourth-order valence-corrected chi connectivity index (χ4v) is 2.40. The molecule has 23 heavy (non-hydrogen) atoms. The van der Waals surface area contributed by atoms with Gasteiger partial charge in [0.05, 0.1) is 17.5 Å². The molecule has 1 aliphatic heterocycles. The molecule has 0 aliphatic carbocycles. The van der Waals surface area contributed by atoms with E-state index in [9.17, 15) is 19.5 Å². The van der Waals surface area contributed by atoms with E-state index in [0.29, 0.717) is 5.56 Å². The van der Waals surface area contributed by atoms with Crippen LogP contribution in [0.25, 0.3) is 0 Å². The summed E-state index contributed by atoms with van der Waals surface area (Å²) in [7, 11) is 0. The van der Waals surface area contributed by atoms with Gasteiger partial charge in [-0.1, -0.05) is 24.3 Å². The molecule has 2 aromatic carbocycles. The zero-order valence-electron chi connectivity index (χ0n) is 12.0. The molecule has 0 bridgehead atoms. The molecule has 2 aromatic rings. The Labute approximate surface area is 131 Å². The zero-order valence-corrected chi connectivity index (χ0v) is 12.0. The molecule has 0 radical (unpaired) electrons. The SMILES string of the molecule is O=C(Cc1cccc2c1C(=O)NC2=O)OCc1ccc(O)cc1. The minimum absolute atomic E-state index is 0.0687. The van der Waals surface area contributed by atoms with Crippen LogP contribution in [0.1, 0.15) is 31.8 Å². The largest absolute Gasteiger partial charge is 0.508 e. The van der Waals surface area contributed by atoms with Gasteiger partial charge in [-0.05, 0) is 29.3 Å². The van der Waals surface area contributed by atoms with Crippen molar-refractivity contribution < 1.29 is 24.2 Å². The van der Waals surface area contributed by atoms with Gasteiger partial charge < -0.3 is 9.84 Å². The Balaban J connectivity index is 1.68. The average Bonchev–Trinajstić information content (AvgIpc) is 2.82. The number of carbonyl (C=O) groups is 3. The number of nitrogens with one attached hydrogen (secondary N) is 1. The van der Waals surface area contributed by atoms with Crippen molar-refractivity contribution in [2.24, 2.45) is 0 Å². The summed E-state index contributed by atoms with van der Waals surface area (Å²) in [6, 6.07) is 11.1. The molecule has 2 amide bonds. The summed E-state index contributed by atoms with van der Waals surface area (Å²) < 4.78 is 5.16. The Morgan fingerprint density at radius 2 is 1.78 bits per heavy atom. The predicted octanol–water partition coefficient (Wildman–Crippen LogP) is 1.56. The van der Waals surface area contributed by atoms with Crippen molar-refractivity contribution >= 4 is 17.8 Å². The zero-order chi connectivity index (χ0) is 16.4. The first kappa shape index (κ1) is 14.8. The van der Waals surface area contributed by atoms with Crippen molar-refractivity contribution in [3.05, 3.63) is 64.7 Å². The highest BCUT2D eigenvalue weighted by molar-refractivity contribution is 6.22. The van der Waals surface area contributed by atoms with Crippen LogP contribution in [0.4, 0.5) is 0 Å². The number of phenols is 1. The van der Waals surface area contributed by atoms with Crippen LogP contribution in [0, 0.1) is 0 Å². The number of ether oxygens (including phenoxy) is 1. The number of hydrogen-bond donors (Lipinski definition) is 2. The van der Waals surface area contributed by atoms with Crippen LogP contribution >= 0.6 is 0 Å². The van der Waals surface area contributed by atoms with Crippen LogP contribution in [-0.4, -0.2) is 22.9 Å². The van der Waals surface area contributed by atoms with Gasteiger partial charge in [0.2, 0.25) is 0 Å². The second-order valence-electron chi connectivity index (χ2n) is 5.13. The fourth-order valence-electron chi connectivity index (χ4n) is 2.40. The van der Waals surface area contributed by atoms with E-state index in [4.69, 9.17) is 4.74 Å². The molecule has 0 unspecified atom stereocenters. The van der Waals surface area contributed by atoms with Crippen molar-refractivity contribution in [1.29, 1.82) is 0 Å². The number of benzene rings is 2. The van der Waals surface area contributed by atoms with Crippen LogP contribution in [0.15, 0.2) is 42.5 Å². The minimum Gasteiger partial charge on any atom is -0.508 e. The first-order valence-corrected chi connectivity index (χ1v) is 6.95. The number of rotatable bonds is 4. The highest BCUT2D eigenvalue weighted by Crippen LogP contribution is 2.21. The summed E-state index contributed by atoms with van der Waals surface area (Å²) in [5, 5.41) is 11.4. The lowest BCUT2D eigenvalue weighted by molar-refractivity contribution is -0.144. The lowest BCUT2D eigenvalue weighted by Crippen LogP contribution is -2.20. The minimum atomic E-state index is -0.501. The Morgan fingerprint density at radius 3 is 2.52 bits per heavy atom. The van der Waals surface area contributed by atoms with Crippen molar-refractivity contribution in [2.75, 3.05) is 0 Å². The van der Waals surface area contributed by atoms with Crippen LogP contribution in [-0.2, 0) is 22.6 Å². The molecule has 0 fully saturated rings. The molecule has 3 rings (SSSR count). The molecule has 6 heteroatoms. The third-order valence-corrected chi connectivity index (χ3v) is 3.52. The molecule has 0 saturated carbocycles. The van der Waals surface area contributed by atoms with Gasteiger partial charge in [-0.15, -0.1) is 0 Å². The molecule has 1 heterocycles. The molecule has 0 aromatic heterocycles. The molecule has 0 saturated heterocycles. The fraction of sp³-hybridized carbons (Fsp3) is 0.118. The highest BCUT2D eigenvalue weighted by atomic mass is 16.5. The summed E-state index contributed by atoms with van der Waals surface area (Å²) in [5.41, 5.74) is 1.71. The van der Waals surface area contributed by atoms with Crippen molar-refractivity contribution in [2.45, 2.75) is 13.0 Å². The van der Waals surface area contributed by atoms with Crippen molar-refractivity contribution in [1.82, 2.24) is 5.32 Å². The Kier molecular flexibility index (Phi) is 3.80. The average molecular weight is 311 g/mol. The Bertz CT molecular complexity index is 795. The summed E-state index contributed by atoms with van der Waals surface area (Å²) in [6.45, 7) is 0.0687. The summed E-state index contributed by atoms with van der Waals surface area (Å²) in [4.78, 5) is 35.3. The number of aromatic hydroxyl groups is 1. The molecular formula is C17H13NO5. The second kappa shape index (κ2) is 5.92. The molecule has 1 aliphatic rings. The molecule has 116 valence electrons. The van der Waals surface area contributed by atoms with Gasteiger partial charge >= 0.3 is 5.97 Å². The van der Waals surface area contributed by atoms with E-state index >= 15 is 0 Å². The molecule has 2 N–H and O–H groups in total. The van der Waals surface area contributed by atoms with Crippen molar-refractivity contribution in [3.8, 4) is 5.75 Å². The van der Waals surface area contributed by atoms with Gasteiger partial charge in [0.15, 0.2) is 0 Å². The summed E-state index contributed by atoms with van der Waals surface area (Å²) in [5.74, 6) is -1.31. The lowest BCUT2D eigenvalue weighted by atomic mass is 10.0. The first-order valence-electron chi connectivity index (χ1n) is 6.95. The predicted molar refractivity (Wildman–Crippen MR) is 79.8 cm³/mol. The van der Waals surface area contributed by atoms with Gasteiger partial charge in [0, 0.05) is 0 Å². The second-order valence-corrected chi connectivity index (χ2v) is 5.13. The smallest absolute Gasteiger partial charge is 0.310 e.